The summed E-state index contributed by atoms with van der Waals surface area (Å²) in [5, 5.41) is 8.84. The summed E-state index contributed by atoms with van der Waals surface area (Å²) >= 11 is 3.43. The Morgan fingerprint density at radius 3 is 2.48 bits per heavy atom. The van der Waals surface area contributed by atoms with Crippen molar-refractivity contribution in [3.63, 3.8) is 0 Å². The highest BCUT2D eigenvalue weighted by Gasteiger charge is 2.33. The number of aromatic nitrogens is 2. The lowest BCUT2D eigenvalue weighted by atomic mass is 10.2. The summed E-state index contributed by atoms with van der Waals surface area (Å²) < 4.78 is 0.962. The van der Waals surface area contributed by atoms with Crippen LogP contribution in [0.5, 0.6) is 0 Å². The van der Waals surface area contributed by atoms with Crippen molar-refractivity contribution < 1.29 is 14.7 Å². The molecular formula is C16H14BrN3O3. The SMILES string of the molecule is O=C(O)c1cnc(C(=O)N(Cc2cccc(Br)c2)C2CC2)cn1. The Balaban J connectivity index is 1.80. The molecule has 1 amide bonds. The van der Waals surface area contributed by atoms with Crippen molar-refractivity contribution in [1.82, 2.24) is 14.9 Å². The molecule has 118 valence electrons. The molecule has 0 unspecified atom stereocenters. The van der Waals surface area contributed by atoms with Crippen molar-refractivity contribution in [2.75, 3.05) is 0 Å². The van der Waals surface area contributed by atoms with Gasteiger partial charge in [0, 0.05) is 17.1 Å². The summed E-state index contributed by atoms with van der Waals surface area (Å²) in [5.74, 6) is -1.39. The van der Waals surface area contributed by atoms with Crippen LogP contribution in [0.4, 0.5) is 0 Å². The molecule has 6 nitrogen and oxygen atoms in total. The number of hydrogen-bond acceptors (Lipinski definition) is 4. The number of amides is 1. The summed E-state index contributed by atoms with van der Waals surface area (Å²) in [6.45, 7) is 0.491. The molecule has 1 aliphatic rings. The van der Waals surface area contributed by atoms with Gasteiger partial charge in [-0.05, 0) is 30.5 Å². The van der Waals surface area contributed by atoms with Crippen LogP contribution in [0.15, 0.2) is 41.1 Å². The lowest BCUT2D eigenvalue weighted by Gasteiger charge is -2.22. The third-order valence-electron chi connectivity index (χ3n) is 3.58. The number of rotatable bonds is 5. The van der Waals surface area contributed by atoms with E-state index in [-0.39, 0.29) is 23.3 Å². The van der Waals surface area contributed by atoms with E-state index in [2.05, 4.69) is 25.9 Å². The molecule has 0 aliphatic heterocycles. The molecule has 1 aromatic heterocycles. The minimum Gasteiger partial charge on any atom is -0.476 e. The van der Waals surface area contributed by atoms with Gasteiger partial charge in [0.25, 0.3) is 5.91 Å². The Kier molecular flexibility index (Phi) is 4.38. The van der Waals surface area contributed by atoms with E-state index in [1.807, 2.05) is 24.3 Å². The molecule has 23 heavy (non-hydrogen) atoms. The van der Waals surface area contributed by atoms with Crippen LogP contribution < -0.4 is 0 Å². The number of carboxylic acids is 1. The first-order chi connectivity index (χ1) is 11.0. The molecule has 1 fully saturated rings. The zero-order chi connectivity index (χ0) is 16.4. The highest BCUT2D eigenvalue weighted by Crippen LogP contribution is 2.30. The summed E-state index contributed by atoms with van der Waals surface area (Å²) in [6.07, 6.45) is 4.28. The topological polar surface area (TPSA) is 83.4 Å². The highest BCUT2D eigenvalue weighted by molar-refractivity contribution is 9.10. The molecule has 2 aromatic rings. The van der Waals surface area contributed by atoms with E-state index >= 15 is 0 Å². The Bertz CT molecular complexity index is 744. The number of aromatic carboxylic acids is 1. The maximum atomic E-state index is 12.7. The van der Waals surface area contributed by atoms with Crippen molar-refractivity contribution in [2.24, 2.45) is 0 Å². The molecular weight excluding hydrogens is 362 g/mol. The van der Waals surface area contributed by atoms with Gasteiger partial charge in [-0.15, -0.1) is 0 Å². The second kappa shape index (κ2) is 6.45. The third kappa shape index (κ3) is 3.73. The van der Waals surface area contributed by atoms with E-state index in [0.717, 1.165) is 29.1 Å². The molecule has 1 heterocycles. The third-order valence-corrected chi connectivity index (χ3v) is 4.07. The van der Waals surface area contributed by atoms with Crippen molar-refractivity contribution in [2.45, 2.75) is 25.4 Å². The Hall–Kier alpha value is -2.28. The van der Waals surface area contributed by atoms with Gasteiger partial charge in [0.2, 0.25) is 0 Å². The molecule has 0 bridgehead atoms. The molecule has 7 heteroatoms. The molecule has 0 atom stereocenters. The van der Waals surface area contributed by atoms with Gasteiger partial charge in [0.1, 0.15) is 5.69 Å². The molecule has 1 N–H and O–H groups in total. The number of carbonyl (C=O) groups is 2. The van der Waals surface area contributed by atoms with Crippen LogP contribution in [0, 0.1) is 0 Å². The van der Waals surface area contributed by atoms with E-state index in [9.17, 15) is 9.59 Å². The Morgan fingerprint density at radius 2 is 1.91 bits per heavy atom. The fourth-order valence-electron chi connectivity index (χ4n) is 2.28. The van der Waals surface area contributed by atoms with Crippen molar-refractivity contribution in [1.29, 1.82) is 0 Å². The molecule has 0 radical (unpaired) electrons. The largest absolute Gasteiger partial charge is 0.476 e. The maximum Gasteiger partial charge on any atom is 0.356 e. The number of hydrogen-bond donors (Lipinski definition) is 1. The molecule has 1 saturated carbocycles. The van der Waals surface area contributed by atoms with Crippen LogP contribution in [-0.4, -0.2) is 37.9 Å². The number of carbonyl (C=O) groups excluding carboxylic acids is 1. The van der Waals surface area contributed by atoms with E-state index in [1.165, 1.54) is 6.20 Å². The van der Waals surface area contributed by atoms with Gasteiger partial charge in [-0.25, -0.2) is 14.8 Å². The predicted octanol–water partition coefficient (Wildman–Crippen LogP) is 2.74. The lowest BCUT2D eigenvalue weighted by Crippen LogP contribution is -2.33. The van der Waals surface area contributed by atoms with Crippen LogP contribution in [0.25, 0.3) is 0 Å². The molecule has 0 saturated heterocycles. The number of nitrogens with zero attached hydrogens (tertiary/aromatic N) is 3. The van der Waals surface area contributed by atoms with Crippen molar-refractivity contribution >= 4 is 27.8 Å². The van der Waals surface area contributed by atoms with E-state index in [0.29, 0.717) is 6.54 Å². The number of carboxylic acid groups (broad SMARTS) is 1. The van der Waals surface area contributed by atoms with Gasteiger partial charge in [-0.3, -0.25) is 4.79 Å². The quantitative estimate of drug-likeness (QED) is 0.868. The minimum atomic E-state index is -1.16. The van der Waals surface area contributed by atoms with Crippen molar-refractivity contribution in [3.8, 4) is 0 Å². The van der Waals surface area contributed by atoms with Gasteiger partial charge < -0.3 is 10.0 Å². The lowest BCUT2D eigenvalue weighted by molar-refractivity contribution is 0.0682. The van der Waals surface area contributed by atoms with E-state index in [1.54, 1.807) is 4.90 Å². The van der Waals surface area contributed by atoms with Gasteiger partial charge in [-0.2, -0.15) is 0 Å². The summed E-state index contributed by atoms with van der Waals surface area (Å²) in [4.78, 5) is 32.9. The standard InChI is InChI=1S/C16H14BrN3O3/c17-11-3-1-2-10(6-11)9-20(12-4-5-12)15(21)13-7-19-14(8-18-13)16(22)23/h1-3,6-8,12H,4-5,9H2,(H,22,23). The number of halogens is 1. The second-order valence-electron chi connectivity index (χ2n) is 5.39. The molecule has 1 aromatic carbocycles. The van der Waals surface area contributed by atoms with Gasteiger partial charge in [0.05, 0.1) is 12.4 Å². The monoisotopic (exact) mass is 375 g/mol. The summed E-state index contributed by atoms with van der Waals surface area (Å²) in [6, 6.07) is 8.01. The second-order valence-corrected chi connectivity index (χ2v) is 6.30. The maximum absolute atomic E-state index is 12.7. The van der Waals surface area contributed by atoms with Crippen LogP contribution in [0.3, 0.4) is 0 Å². The van der Waals surface area contributed by atoms with Crippen molar-refractivity contribution in [3.05, 3.63) is 58.1 Å². The fourth-order valence-corrected chi connectivity index (χ4v) is 2.73. The zero-order valence-electron chi connectivity index (χ0n) is 12.1. The normalized spacial score (nSPS) is 13.6. The first-order valence-electron chi connectivity index (χ1n) is 7.15. The number of benzene rings is 1. The van der Waals surface area contributed by atoms with Crippen LogP contribution >= 0.6 is 15.9 Å². The smallest absolute Gasteiger partial charge is 0.356 e. The van der Waals surface area contributed by atoms with Crippen LogP contribution in [0.1, 0.15) is 39.4 Å². The zero-order valence-corrected chi connectivity index (χ0v) is 13.7. The fraction of sp³-hybridized carbons (Fsp3) is 0.250. The highest BCUT2D eigenvalue weighted by atomic mass is 79.9. The Morgan fingerprint density at radius 1 is 1.22 bits per heavy atom. The summed E-state index contributed by atoms with van der Waals surface area (Å²) in [5.41, 5.74) is 1.01. The van der Waals surface area contributed by atoms with Crippen LogP contribution in [-0.2, 0) is 6.54 Å². The van der Waals surface area contributed by atoms with Crippen LogP contribution in [0.2, 0.25) is 0 Å². The van der Waals surface area contributed by atoms with E-state index < -0.39 is 5.97 Å². The minimum absolute atomic E-state index is 0.164. The van der Waals surface area contributed by atoms with E-state index in [4.69, 9.17) is 5.11 Å². The average molecular weight is 376 g/mol. The Labute approximate surface area is 141 Å². The summed E-state index contributed by atoms with van der Waals surface area (Å²) in [7, 11) is 0. The van der Waals surface area contributed by atoms with Gasteiger partial charge in [0.15, 0.2) is 5.69 Å². The molecule has 0 spiro atoms. The van der Waals surface area contributed by atoms with Gasteiger partial charge >= 0.3 is 5.97 Å². The molecule has 3 rings (SSSR count). The predicted molar refractivity (Wildman–Crippen MR) is 86.0 cm³/mol. The first-order valence-corrected chi connectivity index (χ1v) is 7.94. The first kappa shape index (κ1) is 15.6. The molecule has 1 aliphatic carbocycles. The average Bonchev–Trinajstić information content (AvgIpc) is 3.37. The van der Waals surface area contributed by atoms with Gasteiger partial charge in [-0.1, -0.05) is 28.1 Å².